The minimum Gasteiger partial charge on any atom is -0.392 e. The summed E-state index contributed by atoms with van der Waals surface area (Å²) in [5.41, 5.74) is -0.621. The van der Waals surface area contributed by atoms with Crippen LogP contribution in [0, 0.1) is 11.3 Å². The van der Waals surface area contributed by atoms with Crippen molar-refractivity contribution in [3.05, 3.63) is 12.2 Å². The zero-order valence-corrected chi connectivity index (χ0v) is 9.70. The van der Waals surface area contributed by atoms with Crippen LogP contribution >= 0.6 is 0 Å². The molecule has 2 unspecified atom stereocenters. The summed E-state index contributed by atoms with van der Waals surface area (Å²) in [6, 6.07) is 0. The fourth-order valence-electron chi connectivity index (χ4n) is 2.75. The Morgan fingerprint density at radius 1 is 1.44 bits per heavy atom. The van der Waals surface area contributed by atoms with Gasteiger partial charge in [-0.3, -0.25) is 9.59 Å². The number of carbonyl (C=O) groups is 2. The average Bonchev–Trinajstić information content (AvgIpc) is 2.53. The summed E-state index contributed by atoms with van der Waals surface area (Å²) in [6.07, 6.45) is 9.53. The van der Waals surface area contributed by atoms with Gasteiger partial charge in [0.25, 0.3) is 0 Å². The highest BCUT2D eigenvalue weighted by molar-refractivity contribution is 6.00. The molecule has 1 saturated heterocycles. The van der Waals surface area contributed by atoms with Gasteiger partial charge in [-0.05, 0) is 19.3 Å². The summed E-state index contributed by atoms with van der Waals surface area (Å²) < 4.78 is 4.81. The fraction of sp³-hybridized carbons (Fsp3) is 0.692. The van der Waals surface area contributed by atoms with Crippen LogP contribution in [-0.4, -0.2) is 11.9 Å². The summed E-state index contributed by atoms with van der Waals surface area (Å²) in [5, 5.41) is 0. The van der Waals surface area contributed by atoms with Crippen molar-refractivity contribution in [2.75, 3.05) is 0 Å². The zero-order valence-electron chi connectivity index (χ0n) is 9.70. The Balaban J connectivity index is 2.18. The normalized spacial score (nSPS) is 32.7. The van der Waals surface area contributed by atoms with Gasteiger partial charge >= 0.3 is 11.9 Å². The molecule has 2 aliphatic rings. The molecule has 1 fully saturated rings. The molecule has 0 radical (unpaired) electrons. The summed E-state index contributed by atoms with van der Waals surface area (Å²) in [4.78, 5) is 23.4. The van der Waals surface area contributed by atoms with Gasteiger partial charge < -0.3 is 4.74 Å². The molecule has 1 aliphatic carbocycles. The van der Waals surface area contributed by atoms with E-state index in [0.29, 0.717) is 0 Å². The van der Waals surface area contributed by atoms with Gasteiger partial charge in [-0.1, -0.05) is 38.3 Å². The van der Waals surface area contributed by atoms with Gasteiger partial charge in [0.05, 0.1) is 11.3 Å². The van der Waals surface area contributed by atoms with E-state index in [2.05, 4.69) is 6.92 Å². The van der Waals surface area contributed by atoms with Crippen molar-refractivity contribution in [3.63, 3.8) is 0 Å². The molecular formula is C13H18O3. The number of fused-ring (bicyclic) bond motifs is 1. The number of carbonyl (C=O) groups excluding carboxylic acids is 2. The van der Waals surface area contributed by atoms with Crippen LogP contribution in [0.4, 0.5) is 0 Å². The maximum atomic E-state index is 11.8. The van der Waals surface area contributed by atoms with E-state index in [-0.39, 0.29) is 17.9 Å². The molecule has 0 bridgehead atoms. The number of unbranched alkanes of at least 4 members (excludes halogenated alkanes) is 2. The highest BCUT2D eigenvalue weighted by atomic mass is 16.6. The standard InChI is InChI=1S/C13H18O3/c1-2-3-5-8-13-9-6-4-7-10(13)11(14)16-12(13)15/h6,9-10H,2-5,7-8H2,1H3. The lowest BCUT2D eigenvalue weighted by Crippen LogP contribution is -2.33. The first-order valence-electron chi connectivity index (χ1n) is 6.14. The Kier molecular flexibility index (Phi) is 3.13. The zero-order chi connectivity index (χ0) is 11.6. The molecule has 0 spiro atoms. The van der Waals surface area contributed by atoms with E-state index in [0.717, 1.165) is 38.5 Å². The van der Waals surface area contributed by atoms with Crippen molar-refractivity contribution in [3.8, 4) is 0 Å². The van der Waals surface area contributed by atoms with Crippen LogP contribution in [0.15, 0.2) is 12.2 Å². The van der Waals surface area contributed by atoms with Crippen molar-refractivity contribution in [2.24, 2.45) is 11.3 Å². The first-order chi connectivity index (χ1) is 7.70. The van der Waals surface area contributed by atoms with Gasteiger partial charge in [-0.15, -0.1) is 0 Å². The van der Waals surface area contributed by atoms with Crippen LogP contribution in [0.25, 0.3) is 0 Å². The van der Waals surface area contributed by atoms with E-state index in [1.165, 1.54) is 0 Å². The highest BCUT2D eigenvalue weighted by Gasteiger charge is 2.55. The quantitative estimate of drug-likeness (QED) is 0.318. The predicted molar refractivity (Wildman–Crippen MR) is 59.5 cm³/mol. The van der Waals surface area contributed by atoms with Gasteiger partial charge in [0, 0.05) is 0 Å². The summed E-state index contributed by atoms with van der Waals surface area (Å²) in [5.74, 6) is -0.859. The average molecular weight is 222 g/mol. The van der Waals surface area contributed by atoms with Crippen molar-refractivity contribution >= 4 is 11.9 Å². The molecule has 0 aromatic heterocycles. The minimum absolute atomic E-state index is 0.221. The number of ether oxygens (including phenoxy) is 1. The molecule has 0 N–H and O–H groups in total. The number of cyclic esters (lactones) is 2. The number of rotatable bonds is 4. The second kappa shape index (κ2) is 4.40. The molecule has 1 heterocycles. The first kappa shape index (κ1) is 11.4. The molecule has 3 nitrogen and oxygen atoms in total. The summed E-state index contributed by atoms with van der Waals surface area (Å²) >= 11 is 0. The van der Waals surface area contributed by atoms with Crippen LogP contribution in [0.1, 0.15) is 45.4 Å². The second-order valence-electron chi connectivity index (χ2n) is 4.74. The maximum absolute atomic E-state index is 11.8. The van der Waals surface area contributed by atoms with Gasteiger partial charge in [0.15, 0.2) is 0 Å². The molecule has 88 valence electrons. The van der Waals surface area contributed by atoms with E-state index in [9.17, 15) is 9.59 Å². The Labute approximate surface area is 95.9 Å². The number of hydrogen-bond donors (Lipinski definition) is 0. The van der Waals surface area contributed by atoms with Crippen LogP contribution in [-0.2, 0) is 14.3 Å². The van der Waals surface area contributed by atoms with Gasteiger partial charge in [0.1, 0.15) is 0 Å². The molecule has 0 aromatic rings. The van der Waals surface area contributed by atoms with E-state index < -0.39 is 5.41 Å². The third-order valence-electron chi connectivity index (χ3n) is 3.71. The Hall–Kier alpha value is -1.12. The Bertz CT molecular complexity index is 332. The topological polar surface area (TPSA) is 43.4 Å². The van der Waals surface area contributed by atoms with E-state index in [1.807, 2.05) is 12.2 Å². The molecule has 0 saturated carbocycles. The molecule has 1 aliphatic heterocycles. The van der Waals surface area contributed by atoms with E-state index in [1.54, 1.807) is 0 Å². The maximum Gasteiger partial charge on any atom is 0.324 e. The Morgan fingerprint density at radius 3 is 3.00 bits per heavy atom. The molecule has 0 aromatic carbocycles. The van der Waals surface area contributed by atoms with Gasteiger partial charge in [0.2, 0.25) is 0 Å². The monoisotopic (exact) mass is 222 g/mol. The fourth-order valence-corrected chi connectivity index (χ4v) is 2.75. The second-order valence-corrected chi connectivity index (χ2v) is 4.74. The lowest BCUT2D eigenvalue weighted by atomic mass is 9.69. The smallest absolute Gasteiger partial charge is 0.324 e. The van der Waals surface area contributed by atoms with Crippen LogP contribution in [0.3, 0.4) is 0 Å². The molecule has 16 heavy (non-hydrogen) atoms. The van der Waals surface area contributed by atoms with E-state index in [4.69, 9.17) is 4.74 Å². The van der Waals surface area contributed by atoms with Crippen LogP contribution < -0.4 is 0 Å². The number of esters is 2. The van der Waals surface area contributed by atoms with E-state index >= 15 is 0 Å². The molecule has 2 atom stereocenters. The van der Waals surface area contributed by atoms with Crippen LogP contribution in [0.2, 0.25) is 0 Å². The SMILES string of the molecule is CCCCCC12C=CCCC1C(=O)OC2=O. The molecular weight excluding hydrogens is 204 g/mol. The van der Waals surface area contributed by atoms with Gasteiger partial charge in [-0.25, -0.2) is 0 Å². The lowest BCUT2D eigenvalue weighted by molar-refractivity contribution is -0.154. The molecule has 2 rings (SSSR count). The van der Waals surface area contributed by atoms with Crippen molar-refractivity contribution in [1.82, 2.24) is 0 Å². The lowest BCUT2D eigenvalue weighted by Gasteiger charge is -2.29. The number of hydrogen-bond acceptors (Lipinski definition) is 3. The third-order valence-corrected chi connectivity index (χ3v) is 3.71. The van der Waals surface area contributed by atoms with Gasteiger partial charge in [-0.2, -0.15) is 0 Å². The largest absolute Gasteiger partial charge is 0.392 e. The van der Waals surface area contributed by atoms with Crippen LogP contribution in [0.5, 0.6) is 0 Å². The minimum atomic E-state index is -0.621. The number of allylic oxidation sites excluding steroid dienone is 1. The molecule has 0 amide bonds. The molecule has 3 heteroatoms. The first-order valence-corrected chi connectivity index (χ1v) is 6.14. The van der Waals surface area contributed by atoms with Crippen molar-refractivity contribution in [2.45, 2.75) is 45.4 Å². The third kappa shape index (κ3) is 1.68. The van der Waals surface area contributed by atoms with Crippen molar-refractivity contribution < 1.29 is 14.3 Å². The summed E-state index contributed by atoms with van der Waals surface area (Å²) in [7, 11) is 0. The Morgan fingerprint density at radius 2 is 2.25 bits per heavy atom. The summed E-state index contributed by atoms with van der Waals surface area (Å²) in [6.45, 7) is 2.13. The van der Waals surface area contributed by atoms with Crippen molar-refractivity contribution in [1.29, 1.82) is 0 Å². The highest BCUT2D eigenvalue weighted by Crippen LogP contribution is 2.47. The predicted octanol–water partition coefficient (Wildman–Crippen LogP) is 2.60.